The predicted molar refractivity (Wildman–Crippen MR) is 109 cm³/mol. The molecule has 5 heteroatoms. The molecule has 0 amide bonds. The molecular weight excluding hydrogens is 424 g/mol. The molecule has 3 nitrogen and oxygen atoms in total. The van der Waals surface area contributed by atoms with E-state index in [1.165, 1.54) is 6.07 Å². The maximum atomic E-state index is 13.4. The molecule has 0 unspecified atom stereocenters. The third kappa shape index (κ3) is 3.17. The van der Waals surface area contributed by atoms with Crippen LogP contribution in [0.1, 0.15) is 21.5 Å². The van der Waals surface area contributed by atoms with Crippen molar-refractivity contribution >= 4 is 36.5 Å². The molecule has 0 N–H and O–H groups in total. The summed E-state index contributed by atoms with van der Waals surface area (Å²) in [6.07, 6.45) is 0.254. The minimum atomic E-state index is -3.80. The van der Waals surface area contributed by atoms with Crippen molar-refractivity contribution in [3.05, 3.63) is 106 Å². The second-order valence-electron chi connectivity index (χ2n) is 6.31. The highest BCUT2D eigenvalue weighted by molar-refractivity contribution is 9.10. The number of fused-ring (bicyclic) bond motifs is 1. The molecule has 0 bridgehead atoms. The second-order valence-corrected chi connectivity index (χ2v) is 9.08. The Morgan fingerprint density at radius 2 is 1.41 bits per heavy atom. The molecule has 27 heavy (non-hydrogen) atoms. The molecule has 0 fully saturated rings. The monoisotopic (exact) mass is 438 g/mol. The number of carbonyl (C=O) groups is 1. The number of rotatable bonds is 3. The molecule has 1 heterocycles. The van der Waals surface area contributed by atoms with Crippen molar-refractivity contribution in [3.8, 4) is 0 Å². The van der Waals surface area contributed by atoms with E-state index in [4.69, 9.17) is 0 Å². The van der Waals surface area contributed by atoms with Gasteiger partial charge in [0.25, 0.3) is 0 Å². The smallest absolute Gasteiger partial charge is 0.208 e. The molecule has 3 aromatic carbocycles. The Morgan fingerprint density at radius 1 is 0.778 bits per heavy atom. The van der Waals surface area contributed by atoms with Crippen LogP contribution in [0.15, 0.2) is 93.8 Å². The van der Waals surface area contributed by atoms with Gasteiger partial charge in [-0.3, -0.25) is 4.79 Å². The molecule has 1 aliphatic heterocycles. The molecule has 1 aliphatic rings. The third-order valence-corrected chi connectivity index (χ3v) is 7.05. The summed E-state index contributed by atoms with van der Waals surface area (Å²) in [5, 5.41) is 0. The number of Topliss-reactive ketones (excluding diaryl/α,β-unsaturated/α-hetero) is 1. The lowest BCUT2D eigenvalue weighted by Crippen LogP contribution is -2.22. The van der Waals surface area contributed by atoms with Gasteiger partial charge in [0.1, 0.15) is 0 Å². The first-order chi connectivity index (χ1) is 13.0. The Labute approximate surface area is 166 Å². The molecule has 0 radical (unpaired) electrons. The van der Waals surface area contributed by atoms with Crippen LogP contribution in [0.3, 0.4) is 0 Å². The van der Waals surface area contributed by atoms with Crippen molar-refractivity contribution in [3.63, 3.8) is 0 Å². The maximum Gasteiger partial charge on any atom is 0.208 e. The standard InChI is InChI=1S/C22H15BrO3S/c23-17-12-10-15(11-13-17)14-19-21(24)18-8-4-5-9-20(18)27(25,26)22(19)16-6-2-1-3-7-16/h1-13H,14H2. The van der Waals surface area contributed by atoms with Gasteiger partial charge in [-0.25, -0.2) is 8.42 Å². The zero-order chi connectivity index (χ0) is 19.0. The fourth-order valence-corrected chi connectivity index (χ4v) is 5.44. The lowest BCUT2D eigenvalue weighted by Gasteiger charge is -2.22. The number of hydrogen-bond acceptors (Lipinski definition) is 3. The Bertz CT molecular complexity index is 1160. The van der Waals surface area contributed by atoms with E-state index in [9.17, 15) is 13.2 Å². The van der Waals surface area contributed by atoms with Crippen LogP contribution in [-0.2, 0) is 16.3 Å². The lowest BCUT2D eigenvalue weighted by molar-refractivity contribution is 0.102. The van der Waals surface area contributed by atoms with Gasteiger partial charge < -0.3 is 0 Å². The van der Waals surface area contributed by atoms with Crippen LogP contribution in [-0.4, -0.2) is 14.2 Å². The van der Waals surface area contributed by atoms with Gasteiger partial charge in [-0.05, 0) is 35.4 Å². The average molecular weight is 439 g/mol. The summed E-state index contributed by atoms with van der Waals surface area (Å²) in [5.41, 5.74) is 1.96. The second kappa shape index (κ2) is 6.91. The minimum Gasteiger partial charge on any atom is -0.289 e. The lowest BCUT2D eigenvalue weighted by atomic mass is 9.94. The van der Waals surface area contributed by atoms with E-state index in [1.54, 1.807) is 42.5 Å². The van der Waals surface area contributed by atoms with Gasteiger partial charge in [-0.1, -0.05) is 70.5 Å². The molecule has 4 rings (SSSR count). The molecular formula is C22H15BrO3S. The summed E-state index contributed by atoms with van der Waals surface area (Å²) in [4.78, 5) is 13.4. The van der Waals surface area contributed by atoms with E-state index >= 15 is 0 Å². The van der Waals surface area contributed by atoms with Crippen LogP contribution in [0.25, 0.3) is 4.91 Å². The Morgan fingerprint density at radius 3 is 2.11 bits per heavy atom. The van der Waals surface area contributed by atoms with E-state index in [1.807, 2.05) is 30.3 Å². The van der Waals surface area contributed by atoms with Crippen LogP contribution in [0.4, 0.5) is 0 Å². The Balaban J connectivity index is 1.98. The highest BCUT2D eigenvalue weighted by Crippen LogP contribution is 2.39. The fourth-order valence-electron chi connectivity index (χ4n) is 3.31. The van der Waals surface area contributed by atoms with Crippen LogP contribution in [0, 0.1) is 0 Å². The third-order valence-electron chi connectivity index (χ3n) is 4.57. The van der Waals surface area contributed by atoms with E-state index in [2.05, 4.69) is 15.9 Å². The van der Waals surface area contributed by atoms with Crippen LogP contribution >= 0.6 is 15.9 Å². The summed E-state index contributed by atoms with van der Waals surface area (Å²) in [7, 11) is -3.80. The van der Waals surface area contributed by atoms with Crippen LogP contribution in [0.2, 0.25) is 0 Å². The van der Waals surface area contributed by atoms with Gasteiger partial charge >= 0.3 is 0 Å². The van der Waals surface area contributed by atoms with Crippen molar-refractivity contribution in [2.24, 2.45) is 0 Å². The number of halogens is 1. The topological polar surface area (TPSA) is 51.2 Å². The Hall–Kier alpha value is -2.50. The summed E-state index contributed by atoms with van der Waals surface area (Å²) in [5.74, 6) is -0.234. The number of hydrogen-bond donors (Lipinski definition) is 0. The van der Waals surface area contributed by atoms with Crippen molar-refractivity contribution in [2.75, 3.05) is 0 Å². The minimum absolute atomic E-state index is 0.0772. The van der Waals surface area contributed by atoms with Gasteiger partial charge in [0.2, 0.25) is 9.84 Å². The number of allylic oxidation sites excluding steroid dienone is 1. The van der Waals surface area contributed by atoms with Crippen molar-refractivity contribution in [1.82, 2.24) is 0 Å². The maximum absolute atomic E-state index is 13.4. The molecule has 0 spiro atoms. The Kier molecular flexibility index (Phi) is 4.58. The van der Waals surface area contributed by atoms with Gasteiger partial charge in [0.15, 0.2) is 5.78 Å². The average Bonchev–Trinajstić information content (AvgIpc) is 2.68. The van der Waals surface area contributed by atoms with Gasteiger partial charge in [0.05, 0.1) is 9.80 Å². The van der Waals surface area contributed by atoms with Crippen LogP contribution < -0.4 is 0 Å². The molecule has 0 atom stereocenters. The van der Waals surface area contributed by atoms with E-state index in [-0.39, 0.29) is 27.6 Å². The summed E-state index contributed by atoms with van der Waals surface area (Å²) in [6, 6.07) is 22.8. The zero-order valence-corrected chi connectivity index (χ0v) is 16.6. The summed E-state index contributed by atoms with van der Waals surface area (Å²) >= 11 is 3.40. The molecule has 0 saturated heterocycles. The van der Waals surface area contributed by atoms with Gasteiger partial charge in [0, 0.05) is 22.0 Å². The van der Waals surface area contributed by atoms with Crippen molar-refractivity contribution < 1.29 is 13.2 Å². The zero-order valence-electron chi connectivity index (χ0n) is 14.2. The predicted octanol–water partition coefficient (Wildman–Crippen LogP) is 5.07. The number of carbonyl (C=O) groups excluding carboxylic acids is 1. The highest BCUT2D eigenvalue weighted by atomic mass is 79.9. The van der Waals surface area contributed by atoms with Crippen molar-refractivity contribution in [2.45, 2.75) is 11.3 Å². The van der Waals surface area contributed by atoms with Gasteiger partial charge in [-0.15, -0.1) is 0 Å². The first kappa shape index (κ1) is 17.9. The first-order valence-corrected chi connectivity index (χ1v) is 10.7. The van der Waals surface area contributed by atoms with E-state index < -0.39 is 9.84 Å². The number of sulfone groups is 1. The number of ketones is 1. The molecule has 0 aliphatic carbocycles. The SMILES string of the molecule is O=C1C(Cc2ccc(Br)cc2)=C(c2ccccc2)S(=O)(=O)c2ccccc21. The molecule has 3 aromatic rings. The molecule has 0 saturated carbocycles. The molecule has 0 aromatic heterocycles. The normalized spacial score (nSPS) is 15.5. The summed E-state index contributed by atoms with van der Waals surface area (Å²) in [6.45, 7) is 0. The van der Waals surface area contributed by atoms with Crippen molar-refractivity contribution in [1.29, 1.82) is 0 Å². The van der Waals surface area contributed by atoms with Crippen LogP contribution in [0.5, 0.6) is 0 Å². The quantitative estimate of drug-likeness (QED) is 0.573. The first-order valence-electron chi connectivity index (χ1n) is 8.40. The number of benzene rings is 3. The summed E-state index contributed by atoms with van der Waals surface area (Å²) < 4.78 is 27.7. The van der Waals surface area contributed by atoms with E-state index in [0.717, 1.165) is 10.0 Å². The fraction of sp³-hybridized carbons (Fsp3) is 0.0455. The molecule has 134 valence electrons. The van der Waals surface area contributed by atoms with E-state index in [0.29, 0.717) is 11.1 Å². The van der Waals surface area contributed by atoms with Gasteiger partial charge in [-0.2, -0.15) is 0 Å². The largest absolute Gasteiger partial charge is 0.289 e. The highest BCUT2D eigenvalue weighted by Gasteiger charge is 2.37.